The minimum atomic E-state index is -0.179. The van der Waals surface area contributed by atoms with E-state index in [0.717, 1.165) is 11.3 Å². The number of rotatable bonds is 8. The van der Waals surface area contributed by atoms with E-state index >= 15 is 0 Å². The first-order chi connectivity index (χ1) is 11.7. The maximum atomic E-state index is 11.8. The molecule has 2 aromatic carbocycles. The number of ether oxygens (including phenoxy) is 3. The van der Waals surface area contributed by atoms with Crippen molar-refractivity contribution in [2.45, 2.75) is 0 Å². The lowest BCUT2D eigenvalue weighted by Crippen LogP contribution is -2.26. The van der Waals surface area contributed by atoms with E-state index in [-0.39, 0.29) is 5.91 Å². The largest absolute Gasteiger partial charge is 0.497 e. The molecule has 2 rings (SSSR count). The molecule has 1 amide bonds. The van der Waals surface area contributed by atoms with E-state index in [1.54, 1.807) is 20.3 Å². The Kier molecular flexibility index (Phi) is 6.71. The summed E-state index contributed by atoms with van der Waals surface area (Å²) in [5, 5.41) is 2.77. The second kappa shape index (κ2) is 9.25. The average Bonchev–Trinajstić information content (AvgIpc) is 2.64. The lowest BCUT2D eigenvalue weighted by molar-refractivity contribution is -0.116. The second-order valence-corrected chi connectivity index (χ2v) is 4.90. The van der Waals surface area contributed by atoms with Crippen molar-refractivity contribution < 1.29 is 19.0 Å². The third kappa shape index (κ3) is 5.35. The maximum absolute atomic E-state index is 11.8. The number of hydrogen-bond acceptors (Lipinski definition) is 4. The number of para-hydroxylation sites is 2. The molecule has 0 saturated carbocycles. The molecular formula is C19H21NO4. The molecule has 0 aromatic heterocycles. The Morgan fingerprint density at radius 2 is 1.83 bits per heavy atom. The average molecular weight is 327 g/mol. The summed E-state index contributed by atoms with van der Waals surface area (Å²) in [5.74, 6) is 1.90. The molecule has 5 nitrogen and oxygen atoms in total. The van der Waals surface area contributed by atoms with E-state index < -0.39 is 0 Å². The van der Waals surface area contributed by atoms with Gasteiger partial charge in [0.15, 0.2) is 11.5 Å². The van der Waals surface area contributed by atoms with Gasteiger partial charge in [0, 0.05) is 6.08 Å². The van der Waals surface area contributed by atoms with Crippen LogP contribution in [0.5, 0.6) is 17.2 Å². The number of hydrogen-bond donors (Lipinski definition) is 1. The number of carbonyl (C=O) groups excluding carboxylic acids is 1. The van der Waals surface area contributed by atoms with Gasteiger partial charge in [0.2, 0.25) is 5.91 Å². The van der Waals surface area contributed by atoms with Gasteiger partial charge in [0.25, 0.3) is 0 Å². The smallest absolute Gasteiger partial charge is 0.244 e. The fraction of sp³-hybridized carbons (Fsp3) is 0.211. The summed E-state index contributed by atoms with van der Waals surface area (Å²) in [5.41, 5.74) is 0.898. The van der Waals surface area contributed by atoms with E-state index in [4.69, 9.17) is 14.2 Å². The van der Waals surface area contributed by atoms with Gasteiger partial charge in [-0.2, -0.15) is 0 Å². The molecule has 0 bridgehead atoms. The molecule has 0 atom stereocenters. The summed E-state index contributed by atoms with van der Waals surface area (Å²) < 4.78 is 15.9. The molecule has 24 heavy (non-hydrogen) atoms. The Morgan fingerprint density at radius 3 is 2.58 bits per heavy atom. The molecular weight excluding hydrogens is 306 g/mol. The van der Waals surface area contributed by atoms with Gasteiger partial charge >= 0.3 is 0 Å². The molecule has 0 radical (unpaired) electrons. The maximum Gasteiger partial charge on any atom is 0.244 e. The van der Waals surface area contributed by atoms with Crippen LogP contribution >= 0.6 is 0 Å². The third-order valence-electron chi connectivity index (χ3n) is 3.25. The topological polar surface area (TPSA) is 56.8 Å². The van der Waals surface area contributed by atoms with Crippen LogP contribution in [0, 0.1) is 0 Å². The summed E-state index contributed by atoms with van der Waals surface area (Å²) >= 11 is 0. The predicted molar refractivity (Wildman–Crippen MR) is 93.5 cm³/mol. The lowest BCUT2D eigenvalue weighted by atomic mass is 10.2. The molecule has 5 heteroatoms. The first kappa shape index (κ1) is 17.4. The van der Waals surface area contributed by atoms with E-state index in [1.165, 1.54) is 6.08 Å². The van der Waals surface area contributed by atoms with Gasteiger partial charge in [0.05, 0.1) is 20.8 Å². The van der Waals surface area contributed by atoms with Gasteiger partial charge in [-0.1, -0.05) is 24.3 Å². The number of nitrogens with one attached hydrogen (secondary N) is 1. The van der Waals surface area contributed by atoms with Crippen molar-refractivity contribution in [1.82, 2.24) is 5.32 Å². The summed E-state index contributed by atoms with van der Waals surface area (Å²) in [7, 11) is 3.20. The number of amides is 1. The first-order valence-corrected chi connectivity index (χ1v) is 7.58. The molecule has 0 spiro atoms. The highest BCUT2D eigenvalue weighted by Gasteiger charge is 2.02. The Bertz CT molecular complexity index is 697. The normalized spacial score (nSPS) is 10.4. The Hall–Kier alpha value is -2.95. The number of carbonyl (C=O) groups is 1. The fourth-order valence-electron chi connectivity index (χ4n) is 2.05. The molecule has 0 aliphatic carbocycles. The number of benzene rings is 2. The molecule has 0 unspecified atom stereocenters. The molecule has 0 saturated heterocycles. The predicted octanol–water partition coefficient (Wildman–Crippen LogP) is 2.91. The standard InChI is InChI=1S/C19H21NO4/c1-22-16-7-5-6-15(14-16)10-11-19(21)20-12-13-24-18-9-4-3-8-17(18)23-2/h3-11,14H,12-13H2,1-2H3,(H,20,21)/b11-10+. The fourth-order valence-corrected chi connectivity index (χ4v) is 2.05. The highest BCUT2D eigenvalue weighted by atomic mass is 16.5. The third-order valence-corrected chi connectivity index (χ3v) is 3.25. The monoisotopic (exact) mass is 327 g/mol. The molecule has 0 aliphatic rings. The van der Waals surface area contributed by atoms with Gasteiger partial charge in [-0.15, -0.1) is 0 Å². The van der Waals surface area contributed by atoms with Crippen molar-refractivity contribution in [2.75, 3.05) is 27.4 Å². The summed E-state index contributed by atoms with van der Waals surface area (Å²) in [6.07, 6.45) is 3.22. The van der Waals surface area contributed by atoms with E-state index in [1.807, 2.05) is 48.5 Å². The van der Waals surface area contributed by atoms with E-state index in [9.17, 15) is 4.79 Å². The van der Waals surface area contributed by atoms with Gasteiger partial charge in [-0.25, -0.2) is 0 Å². The zero-order valence-electron chi connectivity index (χ0n) is 13.8. The Labute approximate surface area is 141 Å². The van der Waals surface area contributed by atoms with Crippen LogP contribution in [0.2, 0.25) is 0 Å². The zero-order valence-corrected chi connectivity index (χ0v) is 13.8. The zero-order chi connectivity index (χ0) is 17.2. The molecule has 2 aromatic rings. The minimum Gasteiger partial charge on any atom is -0.497 e. The van der Waals surface area contributed by atoms with Gasteiger partial charge in [-0.05, 0) is 35.9 Å². The SMILES string of the molecule is COc1cccc(/C=C/C(=O)NCCOc2ccccc2OC)c1. The van der Waals surface area contributed by atoms with Crippen LogP contribution < -0.4 is 19.5 Å². The lowest BCUT2D eigenvalue weighted by Gasteiger charge is -2.10. The van der Waals surface area contributed by atoms with Crippen LogP contribution in [0.1, 0.15) is 5.56 Å². The number of methoxy groups -OCH3 is 2. The van der Waals surface area contributed by atoms with Crippen LogP contribution in [-0.2, 0) is 4.79 Å². The van der Waals surface area contributed by atoms with Gasteiger partial charge in [-0.3, -0.25) is 4.79 Å². The highest BCUT2D eigenvalue weighted by Crippen LogP contribution is 2.25. The Morgan fingerprint density at radius 1 is 1.04 bits per heavy atom. The highest BCUT2D eigenvalue weighted by molar-refractivity contribution is 5.91. The molecule has 0 fully saturated rings. The summed E-state index contributed by atoms with van der Waals surface area (Å²) in [6.45, 7) is 0.762. The molecule has 1 N–H and O–H groups in total. The molecule has 126 valence electrons. The second-order valence-electron chi connectivity index (χ2n) is 4.90. The van der Waals surface area contributed by atoms with Crippen LogP contribution in [0.25, 0.3) is 6.08 Å². The quantitative estimate of drug-likeness (QED) is 0.598. The summed E-state index contributed by atoms with van der Waals surface area (Å²) in [6, 6.07) is 14.9. The van der Waals surface area contributed by atoms with Crippen LogP contribution in [-0.4, -0.2) is 33.3 Å². The van der Waals surface area contributed by atoms with Crippen molar-refractivity contribution in [3.63, 3.8) is 0 Å². The van der Waals surface area contributed by atoms with Crippen LogP contribution in [0.15, 0.2) is 54.6 Å². The van der Waals surface area contributed by atoms with Gasteiger partial charge < -0.3 is 19.5 Å². The summed E-state index contributed by atoms with van der Waals surface area (Å²) in [4.78, 5) is 11.8. The van der Waals surface area contributed by atoms with Gasteiger partial charge in [0.1, 0.15) is 12.4 Å². The van der Waals surface area contributed by atoms with Crippen molar-refractivity contribution in [3.8, 4) is 17.2 Å². The van der Waals surface area contributed by atoms with Crippen molar-refractivity contribution in [1.29, 1.82) is 0 Å². The Balaban J connectivity index is 1.76. The van der Waals surface area contributed by atoms with E-state index in [0.29, 0.717) is 24.7 Å². The van der Waals surface area contributed by atoms with Crippen molar-refractivity contribution in [2.24, 2.45) is 0 Å². The van der Waals surface area contributed by atoms with Crippen molar-refractivity contribution in [3.05, 3.63) is 60.2 Å². The molecule has 0 heterocycles. The minimum absolute atomic E-state index is 0.179. The first-order valence-electron chi connectivity index (χ1n) is 7.58. The van der Waals surface area contributed by atoms with Crippen molar-refractivity contribution >= 4 is 12.0 Å². The van der Waals surface area contributed by atoms with E-state index in [2.05, 4.69) is 5.32 Å². The van der Waals surface area contributed by atoms with Crippen LogP contribution in [0.4, 0.5) is 0 Å². The molecule has 0 aliphatic heterocycles. The van der Waals surface area contributed by atoms with Crippen LogP contribution in [0.3, 0.4) is 0 Å².